The maximum Gasteiger partial charge on any atom is 0.312 e. The Kier molecular flexibility index (Phi) is 6.98. The van der Waals surface area contributed by atoms with E-state index in [1.165, 1.54) is 4.31 Å². The van der Waals surface area contributed by atoms with E-state index < -0.39 is 22.1 Å². The average Bonchev–Trinajstić information content (AvgIpc) is 2.62. The second-order valence-corrected chi connectivity index (χ2v) is 8.59. The van der Waals surface area contributed by atoms with Gasteiger partial charge in [-0.05, 0) is 25.3 Å². The third-order valence-electron chi connectivity index (χ3n) is 4.47. The molecule has 9 heteroatoms. The summed E-state index contributed by atoms with van der Waals surface area (Å²) in [4.78, 5) is 23.8. The molecule has 1 aliphatic heterocycles. The van der Waals surface area contributed by atoms with Gasteiger partial charge in [-0.3, -0.25) is 4.79 Å². The first-order valence-electron chi connectivity index (χ1n) is 8.70. The number of nitrogens with two attached hydrogens (primary N) is 1. The van der Waals surface area contributed by atoms with Gasteiger partial charge >= 0.3 is 6.03 Å². The van der Waals surface area contributed by atoms with E-state index in [0.717, 1.165) is 5.56 Å². The van der Waals surface area contributed by atoms with Crippen LogP contribution in [0.2, 0.25) is 0 Å². The normalized spacial score (nSPS) is 17.4. The van der Waals surface area contributed by atoms with E-state index in [4.69, 9.17) is 5.73 Å². The Balaban J connectivity index is 1.94. The molecule has 8 nitrogen and oxygen atoms in total. The molecule has 0 saturated carbocycles. The average molecular weight is 382 g/mol. The fraction of sp³-hybridized carbons (Fsp3) is 0.529. The van der Waals surface area contributed by atoms with Crippen LogP contribution in [0.4, 0.5) is 4.79 Å². The van der Waals surface area contributed by atoms with Crippen molar-refractivity contribution in [1.29, 1.82) is 0 Å². The molecule has 0 bridgehead atoms. The van der Waals surface area contributed by atoms with Crippen LogP contribution < -0.4 is 16.4 Å². The lowest BCUT2D eigenvalue weighted by Crippen LogP contribution is -2.54. The number of sulfonamides is 1. The number of nitrogens with zero attached hydrogens (tertiary/aromatic N) is 1. The van der Waals surface area contributed by atoms with E-state index in [-0.39, 0.29) is 17.7 Å². The van der Waals surface area contributed by atoms with E-state index in [0.29, 0.717) is 32.4 Å². The summed E-state index contributed by atoms with van der Waals surface area (Å²) in [7, 11) is -3.20. The van der Waals surface area contributed by atoms with Gasteiger partial charge in [0.15, 0.2) is 0 Å². The van der Waals surface area contributed by atoms with Crippen LogP contribution in [0.5, 0.6) is 0 Å². The molecule has 0 unspecified atom stereocenters. The Morgan fingerprint density at radius 3 is 2.38 bits per heavy atom. The quantitative estimate of drug-likeness (QED) is 0.623. The van der Waals surface area contributed by atoms with Crippen LogP contribution in [0, 0.1) is 0 Å². The van der Waals surface area contributed by atoms with Gasteiger partial charge in [0.05, 0.1) is 5.75 Å². The summed E-state index contributed by atoms with van der Waals surface area (Å²) in [6, 6.07) is 7.68. The fourth-order valence-electron chi connectivity index (χ4n) is 2.99. The largest absolute Gasteiger partial charge is 0.352 e. The Labute approximate surface area is 154 Å². The molecule has 144 valence electrons. The number of carbonyl (C=O) groups excluding carboxylic acids is 2. The van der Waals surface area contributed by atoms with Gasteiger partial charge in [-0.15, -0.1) is 0 Å². The highest BCUT2D eigenvalue weighted by atomic mass is 32.2. The number of piperidine rings is 1. The maximum absolute atomic E-state index is 12.6. The Bertz CT molecular complexity index is 716. The number of primary amides is 1. The number of rotatable bonds is 7. The standard InChI is InChI=1S/C17H26N4O4S/c1-2-26(24,25)21-10-8-14(9-11-21)19-16(22)15(20-17(18)23)12-13-6-4-3-5-7-13/h3-7,14-15H,2,8-12H2,1H3,(H,19,22)(H3,18,20,23)/t15-/m0/s1. The number of hydrogen-bond donors (Lipinski definition) is 3. The van der Waals surface area contributed by atoms with Crippen LogP contribution >= 0.6 is 0 Å². The van der Waals surface area contributed by atoms with E-state index in [1.54, 1.807) is 6.92 Å². The zero-order chi connectivity index (χ0) is 19.2. The second-order valence-electron chi connectivity index (χ2n) is 6.33. The lowest BCUT2D eigenvalue weighted by Gasteiger charge is -2.32. The summed E-state index contributed by atoms with van der Waals surface area (Å²) in [6.07, 6.45) is 1.41. The van der Waals surface area contributed by atoms with Crippen molar-refractivity contribution in [2.75, 3.05) is 18.8 Å². The van der Waals surface area contributed by atoms with Gasteiger partial charge in [0.1, 0.15) is 6.04 Å². The minimum atomic E-state index is -3.20. The monoisotopic (exact) mass is 382 g/mol. The molecule has 0 aliphatic carbocycles. The molecule has 0 spiro atoms. The van der Waals surface area contributed by atoms with Crippen molar-refractivity contribution < 1.29 is 18.0 Å². The van der Waals surface area contributed by atoms with Crippen LogP contribution in [0.15, 0.2) is 30.3 Å². The molecule has 26 heavy (non-hydrogen) atoms. The van der Waals surface area contributed by atoms with Gasteiger partial charge < -0.3 is 16.4 Å². The number of nitrogens with one attached hydrogen (secondary N) is 2. The van der Waals surface area contributed by atoms with Gasteiger partial charge in [0.25, 0.3) is 0 Å². The first kappa shape index (κ1) is 20.2. The minimum absolute atomic E-state index is 0.0751. The highest BCUT2D eigenvalue weighted by Gasteiger charge is 2.29. The number of amides is 3. The Hall–Kier alpha value is -2.13. The summed E-state index contributed by atoms with van der Waals surface area (Å²) in [6.45, 7) is 2.38. The molecular formula is C17H26N4O4S. The van der Waals surface area contributed by atoms with Crippen LogP contribution in [0.1, 0.15) is 25.3 Å². The van der Waals surface area contributed by atoms with Gasteiger partial charge in [-0.1, -0.05) is 30.3 Å². The third-order valence-corrected chi connectivity index (χ3v) is 6.36. The zero-order valence-corrected chi connectivity index (χ0v) is 15.7. The van der Waals surface area contributed by atoms with Gasteiger partial charge in [0, 0.05) is 25.6 Å². The first-order valence-corrected chi connectivity index (χ1v) is 10.3. The molecule has 0 aromatic heterocycles. The molecule has 0 radical (unpaired) electrons. The van der Waals surface area contributed by atoms with Gasteiger partial charge in [-0.2, -0.15) is 0 Å². The van der Waals surface area contributed by atoms with E-state index in [1.807, 2.05) is 30.3 Å². The molecule has 1 fully saturated rings. The molecule has 1 aliphatic rings. The van der Waals surface area contributed by atoms with Crippen LogP contribution in [0.25, 0.3) is 0 Å². The van der Waals surface area contributed by atoms with Crippen molar-refractivity contribution in [2.24, 2.45) is 5.73 Å². The summed E-state index contributed by atoms with van der Waals surface area (Å²) >= 11 is 0. The highest BCUT2D eigenvalue weighted by Crippen LogP contribution is 2.15. The topological polar surface area (TPSA) is 122 Å². The lowest BCUT2D eigenvalue weighted by atomic mass is 10.0. The summed E-state index contributed by atoms with van der Waals surface area (Å²) in [5, 5.41) is 5.38. The Morgan fingerprint density at radius 1 is 1.23 bits per heavy atom. The number of carbonyl (C=O) groups is 2. The molecule has 4 N–H and O–H groups in total. The van der Waals surface area contributed by atoms with Crippen molar-refractivity contribution >= 4 is 22.0 Å². The van der Waals surface area contributed by atoms with Crippen molar-refractivity contribution in [3.05, 3.63) is 35.9 Å². The van der Waals surface area contributed by atoms with E-state index in [2.05, 4.69) is 10.6 Å². The van der Waals surface area contributed by atoms with E-state index in [9.17, 15) is 18.0 Å². The van der Waals surface area contributed by atoms with Crippen molar-refractivity contribution in [3.63, 3.8) is 0 Å². The minimum Gasteiger partial charge on any atom is -0.352 e. The predicted molar refractivity (Wildman–Crippen MR) is 98.9 cm³/mol. The number of benzene rings is 1. The highest BCUT2D eigenvalue weighted by molar-refractivity contribution is 7.89. The predicted octanol–water partition coefficient (Wildman–Crippen LogP) is 0.196. The molecule has 3 amide bonds. The van der Waals surface area contributed by atoms with Gasteiger partial charge in [0.2, 0.25) is 15.9 Å². The summed E-state index contributed by atoms with van der Waals surface area (Å²) in [5.74, 6) is -0.240. The molecule has 1 saturated heterocycles. The van der Waals surface area contributed by atoms with Crippen LogP contribution in [-0.4, -0.2) is 55.6 Å². The molecule has 1 heterocycles. The molecule has 1 atom stereocenters. The molecule has 2 rings (SSSR count). The maximum atomic E-state index is 12.6. The fourth-order valence-corrected chi connectivity index (χ4v) is 4.13. The van der Waals surface area contributed by atoms with Crippen molar-refractivity contribution in [1.82, 2.24) is 14.9 Å². The third kappa shape index (κ3) is 5.70. The van der Waals surface area contributed by atoms with E-state index >= 15 is 0 Å². The summed E-state index contributed by atoms with van der Waals surface area (Å²) in [5.41, 5.74) is 6.10. The van der Waals surface area contributed by atoms with Crippen molar-refractivity contribution in [3.8, 4) is 0 Å². The SMILES string of the molecule is CCS(=O)(=O)N1CCC(NC(=O)[C@H](Cc2ccccc2)NC(N)=O)CC1. The molecule has 1 aromatic carbocycles. The van der Waals surface area contributed by atoms with Crippen molar-refractivity contribution in [2.45, 2.75) is 38.3 Å². The number of hydrogen-bond acceptors (Lipinski definition) is 4. The van der Waals surface area contributed by atoms with Crippen LogP contribution in [-0.2, 0) is 21.2 Å². The lowest BCUT2D eigenvalue weighted by molar-refractivity contribution is -0.123. The zero-order valence-electron chi connectivity index (χ0n) is 14.8. The van der Waals surface area contributed by atoms with Gasteiger partial charge in [-0.25, -0.2) is 17.5 Å². The smallest absolute Gasteiger partial charge is 0.312 e. The molecular weight excluding hydrogens is 356 g/mol. The molecule has 1 aromatic rings. The first-order chi connectivity index (χ1) is 12.3. The Morgan fingerprint density at radius 2 is 1.85 bits per heavy atom. The summed E-state index contributed by atoms with van der Waals surface area (Å²) < 4.78 is 25.2. The van der Waals surface area contributed by atoms with Crippen LogP contribution in [0.3, 0.4) is 0 Å². The number of urea groups is 1. The second kappa shape index (κ2) is 9.00.